The van der Waals surface area contributed by atoms with E-state index in [0.29, 0.717) is 50.1 Å². The molecule has 6 rings (SSSR count). The molecular weight excluding hydrogens is 492 g/mol. The molecule has 1 amide bonds. The van der Waals surface area contributed by atoms with Crippen LogP contribution in [0, 0.1) is 0 Å². The summed E-state index contributed by atoms with van der Waals surface area (Å²) in [6.45, 7) is 2.29. The van der Waals surface area contributed by atoms with Gasteiger partial charge in [0.1, 0.15) is 0 Å². The molecule has 0 unspecified atom stereocenters. The van der Waals surface area contributed by atoms with Crippen LogP contribution in [-0.2, 0) is 13.0 Å². The number of hydrogen-bond acceptors (Lipinski definition) is 7. The van der Waals surface area contributed by atoms with Crippen molar-refractivity contribution >= 4 is 5.91 Å². The van der Waals surface area contributed by atoms with Crippen LogP contribution >= 0.6 is 0 Å². The van der Waals surface area contributed by atoms with Crippen LogP contribution in [0.1, 0.15) is 48.5 Å². The van der Waals surface area contributed by atoms with Crippen LogP contribution in [0.3, 0.4) is 0 Å². The lowest BCUT2D eigenvalue weighted by Gasteiger charge is -2.35. The molecule has 39 heavy (non-hydrogen) atoms. The number of nitrogens with zero attached hydrogens (tertiary/aromatic N) is 5. The van der Waals surface area contributed by atoms with E-state index in [0.717, 1.165) is 48.9 Å². The minimum Gasteiger partial charge on any atom is -0.421 e. The molecule has 2 fully saturated rings. The minimum absolute atomic E-state index is 0.127. The molecule has 2 aliphatic rings. The third-order valence-electron chi connectivity index (χ3n) is 7.85. The fraction of sp³-hybridized carbons (Fsp3) is 0.400. The van der Waals surface area contributed by atoms with Gasteiger partial charge in [-0.15, -0.1) is 10.2 Å². The Morgan fingerprint density at radius 2 is 1.72 bits per heavy atom. The van der Waals surface area contributed by atoms with Crippen molar-refractivity contribution < 1.29 is 14.3 Å². The lowest BCUT2D eigenvalue weighted by atomic mass is 9.84. The number of benzene rings is 2. The fourth-order valence-corrected chi connectivity index (χ4v) is 5.82. The van der Waals surface area contributed by atoms with Crippen molar-refractivity contribution in [2.24, 2.45) is 0 Å². The minimum atomic E-state index is -0.783. The number of piperazine rings is 1. The highest BCUT2D eigenvalue weighted by atomic mass is 16.4. The normalized spacial score (nSPS) is 19.2. The van der Waals surface area contributed by atoms with Gasteiger partial charge in [-0.2, -0.15) is 0 Å². The van der Waals surface area contributed by atoms with E-state index in [-0.39, 0.29) is 11.9 Å². The molecule has 0 spiro atoms. The highest BCUT2D eigenvalue weighted by Crippen LogP contribution is 2.33. The summed E-state index contributed by atoms with van der Waals surface area (Å²) in [5.41, 5.74) is 2.15. The molecule has 1 atom stereocenters. The SMILES string of the molecule is O=C(c1ncn(CC2(O)CCCCC2)c1-c1ccccc1)N1CCNC[C@H]1Cc1nnc(-c2ccccc2)o1. The van der Waals surface area contributed by atoms with Gasteiger partial charge >= 0.3 is 0 Å². The first kappa shape index (κ1) is 25.5. The summed E-state index contributed by atoms with van der Waals surface area (Å²) in [4.78, 5) is 20.6. The van der Waals surface area contributed by atoms with Crippen molar-refractivity contribution in [3.8, 4) is 22.7 Å². The third-order valence-corrected chi connectivity index (χ3v) is 7.85. The van der Waals surface area contributed by atoms with Crippen molar-refractivity contribution in [1.82, 2.24) is 30.0 Å². The molecule has 1 aliphatic carbocycles. The van der Waals surface area contributed by atoms with Gasteiger partial charge in [0.05, 0.1) is 30.2 Å². The van der Waals surface area contributed by atoms with E-state index >= 15 is 0 Å². The summed E-state index contributed by atoms with van der Waals surface area (Å²) in [6, 6.07) is 19.4. The maximum Gasteiger partial charge on any atom is 0.275 e. The molecule has 1 aliphatic heterocycles. The predicted octanol–water partition coefficient (Wildman–Crippen LogP) is 3.95. The van der Waals surface area contributed by atoms with Crippen LogP contribution in [0.2, 0.25) is 0 Å². The Labute approximate surface area is 227 Å². The monoisotopic (exact) mass is 526 g/mol. The fourth-order valence-electron chi connectivity index (χ4n) is 5.82. The van der Waals surface area contributed by atoms with E-state index in [9.17, 15) is 9.90 Å². The largest absolute Gasteiger partial charge is 0.421 e. The number of amides is 1. The topological polar surface area (TPSA) is 109 Å². The Balaban J connectivity index is 1.28. The summed E-state index contributed by atoms with van der Waals surface area (Å²) in [6.07, 6.45) is 6.86. The Kier molecular flexibility index (Phi) is 7.26. The molecule has 0 radical (unpaired) electrons. The van der Waals surface area contributed by atoms with Crippen molar-refractivity contribution in [2.75, 3.05) is 19.6 Å². The molecule has 9 heteroatoms. The molecule has 4 aromatic rings. The second-order valence-electron chi connectivity index (χ2n) is 10.6. The van der Waals surface area contributed by atoms with Gasteiger partial charge in [-0.1, -0.05) is 67.8 Å². The maximum atomic E-state index is 14.1. The molecule has 1 saturated carbocycles. The second-order valence-corrected chi connectivity index (χ2v) is 10.6. The second kappa shape index (κ2) is 11.1. The molecule has 3 heterocycles. The zero-order chi connectivity index (χ0) is 26.7. The standard InChI is InChI=1S/C30H34N6O3/c37-29(36-17-16-31-19-24(36)18-25-33-34-28(39-25)23-12-6-2-7-13-23)26-27(22-10-4-1-5-11-22)35(21-32-26)20-30(38)14-8-3-9-15-30/h1-2,4-7,10-13,21,24,31,38H,3,8-9,14-20H2/t24-/m1/s1. The zero-order valence-corrected chi connectivity index (χ0v) is 22.0. The number of nitrogens with one attached hydrogen (secondary N) is 1. The summed E-state index contributed by atoms with van der Waals surface area (Å²) < 4.78 is 7.93. The van der Waals surface area contributed by atoms with E-state index in [1.54, 1.807) is 6.33 Å². The van der Waals surface area contributed by atoms with E-state index in [2.05, 4.69) is 20.5 Å². The maximum absolute atomic E-state index is 14.1. The molecule has 0 bridgehead atoms. The van der Waals surface area contributed by atoms with Gasteiger partial charge in [-0.3, -0.25) is 4.79 Å². The van der Waals surface area contributed by atoms with Crippen molar-refractivity contribution in [3.05, 3.63) is 78.6 Å². The van der Waals surface area contributed by atoms with Gasteiger partial charge in [0.2, 0.25) is 11.8 Å². The van der Waals surface area contributed by atoms with Crippen LogP contribution in [0.5, 0.6) is 0 Å². The molecule has 202 valence electrons. The Morgan fingerprint density at radius 3 is 2.46 bits per heavy atom. The number of rotatable bonds is 7. The molecular formula is C30H34N6O3. The lowest BCUT2D eigenvalue weighted by Crippen LogP contribution is -2.54. The first-order chi connectivity index (χ1) is 19.1. The van der Waals surface area contributed by atoms with Crippen molar-refractivity contribution in [2.45, 2.75) is 56.7 Å². The van der Waals surface area contributed by atoms with Gasteiger partial charge in [0.15, 0.2) is 5.69 Å². The highest BCUT2D eigenvalue weighted by molar-refractivity contribution is 5.98. The zero-order valence-electron chi connectivity index (χ0n) is 22.0. The van der Waals surface area contributed by atoms with Crippen LogP contribution in [0.25, 0.3) is 22.7 Å². The average molecular weight is 527 g/mol. The highest BCUT2D eigenvalue weighted by Gasteiger charge is 2.35. The quantitative estimate of drug-likeness (QED) is 0.375. The summed E-state index contributed by atoms with van der Waals surface area (Å²) in [7, 11) is 0. The van der Waals surface area contributed by atoms with E-state index in [1.807, 2.05) is 70.1 Å². The smallest absolute Gasteiger partial charge is 0.275 e. The summed E-state index contributed by atoms with van der Waals surface area (Å²) >= 11 is 0. The van der Waals surface area contributed by atoms with E-state index < -0.39 is 5.60 Å². The van der Waals surface area contributed by atoms with Gasteiger partial charge in [0, 0.05) is 37.2 Å². The van der Waals surface area contributed by atoms with Crippen LogP contribution in [0.4, 0.5) is 0 Å². The Hall–Kier alpha value is -3.82. The van der Waals surface area contributed by atoms with E-state index in [4.69, 9.17) is 4.42 Å². The molecule has 1 saturated heterocycles. The Morgan fingerprint density at radius 1 is 1.00 bits per heavy atom. The first-order valence-corrected chi connectivity index (χ1v) is 13.8. The van der Waals surface area contributed by atoms with Gasteiger partial charge < -0.3 is 24.3 Å². The molecule has 9 nitrogen and oxygen atoms in total. The number of carbonyl (C=O) groups excluding carboxylic acids is 1. The van der Waals surface area contributed by atoms with Crippen LogP contribution < -0.4 is 5.32 Å². The summed E-state index contributed by atoms with van der Waals surface area (Å²) in [5, 5.41) is 23.2. The molecule has 2 aromatic carbocycles. The molecule has 2 N–H and O–H groups in total. The first-order valence-electron chi connectivity index (χ1n) is 13.8. The number of aromatic nitrogens is 4. The van der Waals surface area contributed by atoms with Crippen molar-refractivity contribution in [3.63, 3.8) is 0 Å². The number of imidazole rings is 1. The van der Waals surface area contributed by atoms with Crippen molar-refractivity contribution in [1.29, 1.82) is 0 Å². The van der Waals surface area contributed by atoms with E-state index in [1.165, 1.54) is 0 Å². The average Bonchev–Trinajstić information content (AvgIpc) is 3.61. The summed E-state index contributed by atoms with van der Waals surface area (Å²) in [5.74, 6) is 0.837. The van der Waals surface area contributed by atoms with Crippen LogP contribution in [0.15, 0.2) is 71.4 Å². The Bertz CT molecular complexity index is 1390. The number of hydrogen-bond donors (Lipinski definition) is 2. The molecule has 2 aromatic heterocycles. The van der Waals surface area contributed by atoms with Crippen LogP contribution in [-0.4, -0.2) is 66.9 Å². The predicted molar refractivity (Wildman–Crippen MR) is 147 cm³/mol. The third kappa shape index (κ3) is 5.51. The number of aliphatic hydroxyl groups is 1. The number of carbonyl (C=O) groups is 1. The van der Waals surface area contributed by atoms with Gasteiger partial charge in [-0.05, 0) is 25.0 Å². The lowest BCUT2D eigenvalue weighted by molar-refractivity contribution is -0.0111. The van der Waals surface area contributed by atoms with Gasteiger partial charge in [-0.25, -0.2) is 4.98 Å². The van der Waals surface area contributed by atoms with Gasteiger partial charge in [0.25, 0.3) is 5.91 Å².